The first-order chi connectivity index (χ1) is 6.72. The molecule has 0 spiro atoms. The molecule has 0 N–H and O–H groups in total. The van der Waals surface area contributed by atoms with Gasteiger partial charge in [-0.3, -0.25) is 0 Å². The molecule has 0 saturated carbocycles. The van der Waals surface area contributed by atoms with Crippen LogP contribution in [-0.4, -0.2) is 0 Å². The summed E-state index contributed by atoms with van der Waals surface area (Å²) in [6.07, 6.45) is 1.98. The van der Waals surface area contributed by atoms with E-state index in [-0.39, 0.29) is 0 Å². The van der Waals surface area contributed by atoms with Gasteiger partial charge in [0.25, 0.3) is 0 Å². The summed E-state index contributed by atoms with van der Waals surface area (Å²) in [4.78, 5) is 0. The Morgan fingerprint density at radius 3 is 2.86 bits per heavy atom. The lowest BCUT2D eigenvalue weighted by molar-refractivity contribution is 0.749. The van der Waals surface area contributed by atoms with Gasteiger partial charge in [0.05, 0.1) is 0 Å². The molecule has 0 amide bonds. The van der Waals surface area contributed by atoms with E-state index < -0.39 is 0 Å². The van der Waals surface area contributed by atoms with E-state index in [0.29, 0.717) is 5.92 Å². The lowest BCUT2D eigenvalue weighted by Gasteiger charge is -2.04. The Morgan fingerprint density at radius 1 is 1.43 bits per heavy atom. The Hall–Kier alpha value is -0.740. The Kier molecular flexibility index (Phi) is 4.76. The molecule has 0 aliphatic carbocycles. The zero-order chi connectivity index (χ0) is 10.4. The van der Waals surface area contributed by atoms with Crippen LogP contribution in [0.2, 0.25) is 0 Å². The van der Waals surface area contributed by atoms with Crippen molar-refractivity contribution in [2.75, 3.05) is 0 Å². The van der Waals surface area contributed by atoms with Crippen molar-refractivity contribution in [3.05, 3.63) is 34.3 Å². The molecule has 1 aromatic carbocycles. The first kappa shape index (κ1) is 11.3. The molecular formula is C13H15Br. The molecule has 0 aromatic heterocycles. The van der Waals surface area contributed by atoms with Crippen molar-refractivity contribution in [1.29, 1.82) is 0 Å². The monoisotopic (exact) mass is 250 g/mol. The number of rotatable bonds is 2. The quantitative estimate of drug-likeness (QED) is 0.696. The highest BCUT2D eigenvalue weighted by Crippen LogP contribution is 2.14. The van der Waals surface area contributed by atoms with Gasteiger partial charge in [-0.2, -0.15) is 0 Å². The first-order valence-corrected chi connectivity index (χ1v) is 5.74. The van der Waals surface area contributed by atoms with Crippen molar-refractivity contribution >= 4 is 15.9 Å². The van der Waals surface area contributed by atoms with E-state index in [0.717, 1.165) is 17.3 Å². The number of benzene rings is 1. The van der Waals surface area contributed by atoms with Gasteiger partial charge in [0.15, 0.2) is 0 Å². The fraction of sp³-hybridized carbons (Fsp3) is 0.385. The van der Waals surface area contributed by atoms with Crippen LogP contribution in [0.3, 0.4) is 0 Å². The third kappa shape index (κ3) is 3.98. The van der Waals surface area contributed by atoms with Crippen molar-refractivity contribution in [1.82, 2.24) is 0 Å². The average molecular weight is 251 g/mol. The van der Waals surface area contributed by atoms with Gasteiger partial charge in [-0.25, -0.2) is 0 Å². The lowest BCUT2D eigenvalue weighted by Crippen LogP contribution is -1.96. The molecule has 0 saturated heterocycles. The van der Waals surface area contributed by atoms with Gasteiger partial charge in [-0.05, 0) is 24.1 Å². The summed E-state index contributed by atoms with van der Waals surface area (Å²) < 4.78 is 1.14. The topological polar surface area (TPSA) is 0 Å². The predicted molar refractivity (Wildman–Crippen MR) is 65.1 cm³/mol. The standard InChI is InChI=1S/C13H15Br/c1-3-4-6-11(2)9-12-7-5-8-13(14)10-12/h5,7-8,10-11H,3,9H2,1-2H3. The smallest absolute Gasteiger partial charge is 0.0214 e. The lowest BCUT2D eigenvalue weighted by atomic mass is 10.0. The second-order valence-electron chi connectivity index (χ2n) is 3.41. The third-order valence-electron chi connectivity index (χ3n) is 1.96. The van der Waals surface area contributed by atoms with Crippen LogP contribution in [0.15, 0.2) is 28.7 Å². The Morgan fingerprint density at radius 2 is 2.21 bits per heavy atom. The number of hydrogen-bond donors (Lipinski definition) is 0. The molecule has 1 aromatic rings. The highest BCUT2D eigenvalue weighted by atomic mass is 79.9. The number of halogens is 1. The Bertz CT molecular complexity index is 344. The molecule has 1 heteroatoms. The fourth-order valence-electron chi connectivity index (χ4n) is 1.34. The zero-order valence-corrected chi connectivity index (χ0v) is 10.3. The maximum atomic E-state index is 3.47. The van der Waals surface area contributed by atoms with E-state index >= 15 is 0 Å². The van der Waals surface area contributed by atoms with Crippen LogP contribution in [-0.2, 0) is 6.42 Å². The van der Waals surface area contributed by atoms with Gasteiger partial charge in [-0.1, -0.05) is 47.8 Å². The van der Waals surface area contributed by atoms with E-state index in [2.05, 4.69) is 59.8 Å². The van der Waals surface area contributed by atoms with E-state index in [1.54, 1.807) is 0 Å². The molecule has 74 valence electrons. The van der Waals surface area contributed by atoms with Gasteiger partial charge in [0.2, 0.25) is 0 Å². The maximum Gasteiger partial charge on any atom is 0.0214 e. The normalized spacial score (nSPS) is 11.6. The highest BCUT2D eigenvalue weighted by Gasteiger charge is 1.99. The van der Waals surface area contributed by atoms with E-state index in [1.807, 2.05) is 6.07 Å². The molecule has 0 radical (unpaired) electrons. The largest absolute Gasteiger partial charge is 0.103 e. The molecule has 1 unspecified atom stereocenters. The third-order valence-corrected chi connectivity index (χ3v) is 2.45. The van der Waals surface area contributed by atoms with Gasteiger partial charge in [-0.15, -0.1) is 5.92 Å². The molecular weight excluding hydrogens is 236 g/mol. The van der Waals surface area contributed by atoms with Crippen LogP contribution in [0.4, 0.5) is 0 Å². The maximum absolute atomic E-state index is 3.47. The van der Waals surface area contributed by atoms with Gasteiger partial charge >= 0.3 is 0 Å². The minimum absolute atomic E-state index is 0.448. The fourth-order valence-corrected chi connectivity index (χ4v) is 1.79. The second-order valence-corrected chi connectivity index (χ2v) is 4.33. The summed E-state index contributed by atoms with van der Waals surface area (Å²) in [5.74, 6) is 6.80. The summed E-state index contributed by atoms with van der Waals surface area (Å²) in [6, 6.07) is 8.42. The van der Waals surface area contributed by atoms with Crippen LogP contribution in [0.25, 0.3) is 0 Å². The molecule has 1 rings (SSSR count). The molecule has 14 heavy (non-hydrogen) atoms. The van der Waals surface area contributed by atoms with Crippen molar-refractivity contribution in [2.24, 2.45) is 5.92 Å². The van der Waals surface area contributed by atoms with Crippen molar-refractivity contribution < 1.29 is 0 Å². The summed E-state index contributed by atoms with van der Waals surface area (Å²) in [6.45, 7) is 4.25. The van der Waals surface area contributed by atoms with E-state index in [4.69, 9.17) is 0 Å². The van der Waals surface area contributed by atoms with Crippen LogP contribution >= 0.6 is 15.9 Å². The van der Waals surface area contributed by atoms with Gasteiger partial charge in [0.1, 0.15) is 0 Å². The van der Waals surface area contributed by atoms with Crippen LogP contribution in [0.5, 0.6) is 0 Å². The average Bonchev–Trinajstić information content (AvgIpc) is 2.15. The summed E-state index contributed by atoms with van der Waals surface area (Å²) in [5, 5.41) is 0. The van der Waals surface area contributed by atoms with Crippen LogP contribution in [0.1, 0.15) is 25.8 Å². The van der Waals surface area contributed by atoms with Crippen molar-refractivity contribution in [3.8, 4) is 11.8 Å². The minimum atomic E-state index is 0.448. The highest BCUT2D eigenvalue weighted by molar-refractivity contribution is 9.10. The molecule has 0 fully saturated rings. The predicted octanol–water partition coefficient (Wildman–Crippen LogP) is 4.04. The minimum Gasteiger partial charge on any atom is -0.103 e. The second kappa shape index (κ2) is 5.88. The Labute approximate surface area is 94.9 Å². The van der Waals surface area contributed by atoms with Crippen molar-refractivity contribution in [2.45, 2.75) is 26.7 Å². The summed E-state index contributed by atoms with van der Waals surface area (Å²) >= 11 is 3.47. The van der Waals surface area contributed by atoms with E-state index in [1.165, 1.54) is 5.56 Å². The van der Waals surface area contributed by atoms with Gasteiger partial charge < -0.3 is 0 Å². The first-order valence-electron chi connectivity index (χ1n) is 4.95. The van der Waals surface area contributed by atoms with Gasteiger partial charge in [0, 0.05) is 16.8 Å². The molecule has 0 aliphatic heterocycles. The zero-order valence-electron chi connectivity index (χ0n) is 8.68. The van der Waals surface area contributed by atoms with E-state index in [9.17, 15) is 0 Å². The molecule has 0 aliphatic rings. The Balaban J connectivity index is 2.60. The summed E-state index contributed by atoms with van der Waals surface area (Å²) in [7, 11) is 0. The summed E-state index contributed by atoms with van der Waals surface area (Å²) in [5.41, 5.74) is 1.34. The molecule has 0 nitrogen and oxygen atoms in total. The SMILES string of the molecule is CCC#CC(C)Cc1cccc(Br)c1. The van der Waals surface area contributed by atoms with Crippen LogP contribution < -0.4 is 0 Å². The van der Waals surface area contributed by atoms with Crippen LogP contribution in [0, 0.1) is 17.8 Å². The van der Waals surface area contributed by atoms with Crippen molar-refractivity contribution in [3.63, 3.8) is 0 Å². The molecule has 0 bridgehead atoms. The molecule has 1 atom stereocenters. The number of hydrogen-bond acceptors (Lipinski definition) is 0. The molecule has 0 heterocycles.